The number of aromatic amines is 2. The molecule has 0 spiro atoms. The molecule has 5 rings (SSSR count). The van der Waals surface area contributed by atoms with Crippen LogP contribution in [0.15, 0.2) is 53.7 Å². The fourth-order valence-corrected chi connectivity index (χ4v) is 6.43. The number of nitrogens with zero attached hydrogens (tertiary/aromatic N) is 3. The number of benzene rings is 2. The number of piperidine rings is 1. The third-order valence-electron chi connectivity index (χ3n) is 7.49. The largest absolute Gasteiger partial charge is 0.489 e. The summed E-state index contributed by atoms with van der Waals surface area (Å²) in [6.07, 6.45) is 3.67. The highest BCUT2D eigenvalue weighted by atomic mass is 32.2. The van der Waals surface area contributed by atoms with Crippen LogP contribution in [0.1, 0.15) is 52.0 Å². The molecule has 5 N–H and O–H groups in total. The Morgan fingerprint density at radius 2 is 1.83 bits per heavy atom. The minimum atomic E-state index is -3.53. The van der Waals surface area contributed by atoms with E-state index in [-0.39, 0.29) is 17.6 Å². The van der Waals surface area contributed by atoms with E-state index < -0.39 is 15.1 Å². The van der Waals surface area contributed by atoms with Crippen LogP contribution in [0.5, 0.6) is 5.75 Å². The highest BCUT2D eigenvalue weighted by molar-refractivity contribution is 7.92. The second-order valence-corrected chi connectivity index (χ2v) is 13.6. The van der Waals surface area contributed by atoms with Gasteiger partial charge in [0.05, 0.1) is 34.2 Å². The van der Waals surface area contributed by atoms with E-state index in [1.165, 1.54) is 5.56 Å². The molecule has 1 saturated heterocycles. The van der Waals surface area contributed by atoms with Gasteiger partial charge in [-0.3, -0.25) is 4.98 Å². The van der Waals surface area contributed by atoms with Gasteiger partial charge >= 0.3 is 11.6 Å². The summed E-state index contributed by atoms with van der Waals surface area (Å²) in [4.78, 5) is 18.1. The number of fused-ring (bicyclic) bond motifs is 1. The lowest BCUT2D eigenvalue weighted by molar-refractivity contribution is -0.347. The summed E-state index contributed by atoms with van der Waals surface area (Å²) in [5, 5.41) is 15.3. The third-order valence-corrected chi connectivity index (χ3v) is 9.70. The second kappa shape index (κ2) is 12.6. The summed E-state index contributed by atoms with van der Waals surface area (Å²) in [6.45, 7) is 10.1. The zero-order valence-corrected chi connectivity index (χ0v) is 25.3. The number of hydrogen-bond donors (Lipinski definition) is 4. The predicted molar refractivity (Wildman–Crippen MR) is 163 cm³/mol. The molecular formula is C30H40N7O4S+. The summed E-state index contributed by atoms with van der Waals surface area (Å²) < 4.78 is 32.3. The van der Waals surface area contributed by atoms with Crippen molar-refractivity contribution in [3.8, 4) is 5.75 Å². The maximum atomic E-state index is 13.1. The number of imidazole rings is 1. The average Bonchev–Trinajstić information content (AvgIpc) is 3.44. The van der Waals surface area contributed by atoms with Gasteiger partial charge in [0.2, 0.25) is 5.52 Å². The topological polar surface area (TPSA) is 147 Å². The van der Waals surface area contributed by atoms with Crippen molar-refractivity contribution >= 4 is 44.1 Å². The standard InChI is InChI=1S/C30H39N7O4S/c1-19(2)41-25-17-22(21-11-13-37(14-12-21)15-16-38)9-10-23(25)34-30-35-28-27(31-18-32-28)29(36-30)33-24-7-5-6-8-26(24)42(39,40)20(3)4/h5-10,17-21,38H,11-16H2,1-4H3,(H3,31,32,33,34,35,36)/p+1. The van der Waals surface area contributed by atoms with Crippen molar-refractivity contribution in [1.82, 2.24) is 19.9 Å². The first-order valence-corrected chi connectivity index (χ1v) is 16.0. The zero-order chi connectivity index (χ0) is 29.9. The van der Waals surface area contributed by atoms with Crippen molar-refractivity contribution < 1.29 is 23.2 Å². The normalized spacial score (nSPS) is 15.0. The van der Waals surface area contributed by atoms with E-state index in [1.54, 1.807) is 44.4 Å². The molecule has 0 unspecified atom stereocenters. The molecular weight excluding hydrogens is 554 g/mol. The smallest absolute Gasteiger partial charge is 0.307 e. The molecule has 0 atom stereocenters. The van der Waals surface area contributed by atoms with Crippen molar-refractivity contribution in [2.24, 2.45) is 0 Å². The van der Waals surface area contributed by atoms with Crippen molar-refractivity contribution in [2.45, 2.75) is 62.7 Å². The van der Waals surface area contributed by atoms with Gasteiger partial charge in [-0.1, -0.05) is 23.2 Å². The highest BCUT2D eigenvalue weighted by Gasteiger charge is 2.25. The summed E-state index contributed by atoms with van der Waals surface area (Å²) in [5.41, 5.74) is 3.55. The SMILES string of the molecule is CC(C)Oc1cc(C2CCN(CCO)CC2)ccc1Nc1nc(Nc2ccccc2S(=O)(=O)C(C)C)c2[nH]c[nH+]c2n1. The number of ether oxygens (including phenoxy) is 1. The van der Waals surface area contributed by atoms with E-state index in [0.717, 1.165) is 38.2 Å². The van der Waals surface area contributed by atoms with Crippen LogP contribution in [0.4, 0.5) is 23.1 Å². The average molecular weight is 595 g/mol. The molecule has 224 valence electrons. The van der Waals surface area contributed by atoms with Crippen LogP contribution in [0.2, 0.25) is 0 Å². The zero-order valence-electron chi connectivity index (χ0n) is 24.5. The molecule has 42 heavy (non-hydrogen) atoms. The number of β-amino-alcohol motifs (C(OH)–C–C–N with tert-alkyl or cyclic N) is 1. The Labute approximate surface area is 246 Å². The number of nitrogens with one attached hydrogen (secondary N) is 4. The molecule has 11 nitrogen and oxygen atoms in total. The number of aromatic nitrogens is 4. The first-order valence-electron chi connectivity index (χ1n) is 14.4. The number of anilines is 4. The number of rotatable bonds is 11. The van der Waals surface area contributed by atoms with Crippen molar-refractivity contribution in [1.29, 1.82) is 0 Å². The second-order valence-electron chi connectivity index (χ2n) is 11.2. The van der Waals surface area contributed by atoms with Gasteiger partial charge in [0.1, 0.15) is 5.75 Å². The van der Waals surface area contributed by atoms with Gasteiger partial charge in [-0.2, -0.15) is 4.98 Å². The molecule has 12 heteroatoms. The van der Waals surface area contributed by atoms with Gasteiger partial charge in [-0.05, 0) is 89.4 Å². The monoisotopic (exact) mass is 594 g/mol. The fraction of sp³-hybridized carbons (Fsp3) is 0.433. The molecule has 2 aromatic carbocycles. The van der Waals surface area contributed by atoms with Gasteiger partial charge in [0, 0.05) is 6.54 Å². The van der Waals surface area contributed by atoms with Crippen LogP contribution in [0.3, 0.4) is 0 Å². The molecule has 3 heterocycles. The quantitative estimate of drug-likeness (QED) is 0.198. The number of likely N-dealkylation sites (tertiary alicyclic amines) is 1. The van der Waals surface area contributed by atoms with Crippen LogP contribution in [-0.4, -0.2) is 71.0 Å². The lowest BCUT2D eigenvalue weighted by Crippen LogP contribution is -2.34. The first-order chi connectivity index (χ1) is 20.2. The van der Waals surface area contributed by atoms with Crippen LogP contribution < -0.4 is 20.4 Å². The van der Waals surface area contributed by atoms with Crippen LogP contribution in [0.25, 0.3) is 11.2 Å². The molecule has 4 aromatic rings. The van der Waals surface area contributed by atoms with Crippen molar-refractivity contribution in [2.75, 3.05) is 36.9 Å². The number of aliphatic hydroxyl groups is 1. The Hall–Kier alpha value is -3.74. The van der Waals surface area contributed by atoms with Gasteiger partial charge in [0.25, 0.3) is 0 Å². The predicted octanol–water partition coefficient (Wildman–Crippen LogP) is 4.40. The van der Waals surface area contributed by atoms with Crippen LogP contribution in [-0.2, 0) is 9.84 Å². The number of sulfone groups is 1. The van der Waals surface area contributed by atoms with Crippen molar-refractivity contribution in [3.63, 3.8) is 0 Å². The van der Waals surface area contributed by atoms with Crippen molar-refractivity contribution in [3.05, 3.63) is 54.4 Å². The molecule has 1 aliphatic rings. The summed E-state index contributed by atoms with van der Waals surface area (Å²) in [7, 11) is -3.53. The highest BCUT2D eigenvalue weighted by Crippen LogP contribution is 2.36. The van der Waals surface area contributed by atoms with E-state index in [2.05, 4.69) is 42.6 Å². The van der Waals surface area contributed by atoms with Gasteiger partial charge < -0.3 is 25.4 Å². The molecule has 0 bridgehead atoms. The molecule has 0 saturated carbocycles. The summed E-state index contributed by atoms with van der Waals surface area (Å²) in [6, 6.07) is 13.0. The Balaban J connectivity index is 1.45. The molecule has 1 aliphatic heterocycles. The summed E-state index contributed by atoms with van der Waals surface area (Å²) >= 11 is 0. The maximum absolute atomic E-state index is 13.1. The van der Waals surface area contributed by atoms with Gasteiger partial charge in [0.15, 0.2) is 22.0 Å². The van der Waals surface area contributed by atoms with E-state index >= 15 is 0 Å². The Morgan fingerprint density at radius 1 is 1.07 bits per heavy atom. The fourth-order valence-electron chi connectivity index (χ4n) is 5.22. The Morgan fingerprint density at radius 3 is 2.55 bits per heavy atom. The molecule has 1 fully saturated rings. The Kier molecular flexibility index (Phi) is 8.95. The number of H-pyrrole nitrogens is 2. The molecule has 0 radical (unpaired) electrons. The third kappa shape index (κ3) is 6.50. The summed E-state index contributed by atoms with van der Waals surface area (Å²) in [5.74, 6) is 1.88. The van der Waals surface area contributed by atoms with Gasteiger partial charge in [-0.15, -0.1) is 0 Å². The number of aliphatic hydroxyl groups excluding tert-OH is 1. The number of hydrogen-bond acceptors (Lipinski definition) is 9. The molecule has 0 amide bonds. The molecule has 2 aromatic heterocycles. The van der Waals surface area contributed by atoms with E-state index in [4.69, 9.17) is 9.72 Å². The van der Waals surface area contributed by atoms with E-state index in [1.807, 2.05) is 19.9 Å². The molecule has 0 aliphatic carbocycles. The lowest BCUT2D eigenvalue weighted by atomic mass is 9.89. The van der Waals surface area contributed by atoms with Crippen LogP contribution in [0, 0.1) is 0 Å². The van der Waals surface area contributed by atoms with Crippen LogP contribution >= 0.6 is 0 Å². The minimum absolute atomic E-state index is 0.0368. The first kappa shape index (κ1) is 29.7. The van der Waals surface area contributed by atoms with E-state index in [9.17, 15) is 13.5 Å². The maximum Gasteiger partial charge on any atom is 0.307 e. The minimum Gasteiger partial charge on any atom is -0.489 e. The Bertz CT molecular complexity index is 1630. The number of para-hydroxylation sites is 1. The lowest BCUT2D eigenvalue weighted by Gasteiger charge is -2.32. The van der Waals surface area contributed by atoms with E-state index in [0.29, 0.717) is 40.3 Å². The van der Waals surface area contributed by atoms with Gasteiger partial charge in [-0.25, -0.2) is 13.4 Å².